The van der Waals surface area contributed by atoms with Crippen LogP contribution in [0.5, 0.6) is 0 Å². The van der Waals surface area contributed by atoms with Gasteiger partial charge in [-0.2, -0.15) is 0 Å². The second-order valence-electron chi connectivity index (χ2n) is 4.91. The van der Waals surface area contributed by atoms with Gasteiger partial charge < -0.3 is 14.8 Å². The molecule has 0 unspecified atom stereocenters. The number of carbonyl (C=O) groups excluding carboxylic acids is 1. The van der Waals surface area contributed by atoms with Crippen LogP contribution in [0.4, 0.5) is 4.79 Å². The lowest BCUT2D eigenvalue weighted by atomic mass is 9.98. The number of nitrogens with one attached hydrogen (secondary N) is 1. The molecule has 1 amide bonds. The Balaban J connectivity index is 1.90. The second-order valence-corrected chi connectivity index (χ2v) is 4.91. The maximum absolute atomic E-state index is 11.5. The van der Waals surface area contributed by atoms with Crippen LogP contribution in [0, 0.1) is 0 Å². The van der Waals surface area contributed by atoms with E-state index < -0.39 is 0 Å². The average molecular weight is 257 g/mol. The number of rotatable bonds is 8. The second kappa shape index (κ2) is 10.2. The number of hydrogen-bond acceptors (Lipinski definition) is 3. The Morgan fingerprint density at radius 1 is 1.17 bits per heavy atom. The van der Waals surface area contributed by atoms with Crippen molar-refractivity contribution in [1.82, 2.24) is 5.32 Å². The number of hydrogen-bond donors (Lipinski definition) is 1. The first-order valence-electron chi connectivity index (χ1n) is 7.35. The van der Waals surface area contributed by atoms with Crippen molar-refractivity contribution in [3.8, 4) is 0 Å². The van der Waals surface area contributed by atoms with Gasteiger partial charge in [0.05, 0.1) is 6.61 Å². The van der Waals surface area contributed by atoms with Crippen LogP contribution >= 0.6 is 0 Å². The lowest BCUT2D eigenvalue weighted by molar-refractivity contribution is 0.0712. The number of unbranched alkanes of at least 4 members (excludes halogenated alkanes) is 2. The van der Waals surface area contributed by atoms with Gasteiger partial charge >= 0.3 is 6.09 Å². The number of ether oxygens (including phenoxy) is 2. The van der Waals surface area contributed by atoms with E-state index in [1.807, 2.05) is 0 Å². The number of amides is 1. The van der Waals surface area contributed by atoms with E-state index in [4.69, 9.17) is 9.47 Å². The van der Waals surface area contributed by atoms with E-state index in [1.54, 1.807) is 0 Å². The first kappa shape index (κ1) is 15.3. The summed E-state index contributed by atoms with van der Waals surface area (Å²) in [7, 11) is 0. The molecule has 1 rings (SSSR count). The third kappa shape index (κ3) is 7.54. The fourth-order valence-electron chi connectivity index (χ4n) is 2.16. The Bertz CT molecular complexity index is 215. The molecule has 0 aromatic carbocycles. The molecule has 0 radical (unpaired) electrons. The third-order valence-corrected chi connectivity index (χ3v) is 3.23. The predicted molar refractivity (Wildman–Crippen MR) is 71.7 cm³/mol. The molecule has 18 heavy (non-hydrogen) atoms. The smallest absolute Gasteiger partial charge is 0.407 e. The van der Waals surface area contributed by atoms with Crippen LogP contribution in [0.2, 0.25) is 0 Å². The SMILES string of the molecule is CCCCCOCCNC(=O)OC1CCCCC1. The van der Waals surface area contributed by atoms with Gasteiger partial charge in [-0.25, -0.2) is 4.79 Å². The largest absolute Gasteiger partial charge is 0.446 e. The summed E-state index contributed by atoms with van der Waals surface area (Å²) in [4.78, 5) is 11.5. The summed E-state index contributed by atoms with van der Waals surface area (Å²) in [5.41, 5.74) is 0. The molecule has 0 aromatic heterocycles. The van der Waals surface area contributed by atoms with Crippen molar-refractivity contribution < 1.29 is 14.3 Å². The van der Waals surface area contributed by atoms with Crippen LogP contribution in [-0.4, -0.2) is 32.0 Å². The molecule has 0 aliphatic heterocycles. The van der Waals surface area contributed by atoms with E-state index in [-0.39, 0.29) is 12.2 Å². The highest BCUT2D eigenvalue weighted by atomic mass is 16.6. The fourth-order valence-corrected chi connectivity index (χ4v) is 2.16. The standard InChI is InChI=1S/C14H27NO3/c1-2-3-7-11-17-12-10-15-14(16)18-13-8-5-4-6-9-13/h13H,2-12H2,1H3,(H,15,16). The minimum Gasteiger partial charge on any atom is -0.446 e. The Kier molecular flexibility index (Phi) is 8.65. The van der Waals surface area contributed by atoms with Crippen LogP contribution in [0.3, 0.4) is 0 Å². The Morgan fingerprint density at radius 3 is 2.67 bits per heavy atom. The minimum absolute atomic E-state index is 0.129. The Hall–Kier alpha value is -0.770. The van der Waals surface area contributed by atoms with Gasteiger partial charge in [0.25, 0.3) is 0 Å². The Labute approximate surface area is 110 Å². The maximum atomic E-state index is 11.5. The van der Waals surface area contributed by atoms with Gasteiger partial charge in [0.15, 0.2) is 0 Å². The van der Waals surface area contributed by atoms with Gasteiger partial charge in [-0.15, -0.1) is 0 Å². The van der Waals surface area contributed by atoms with Crippen LogP contribution in [-0.2, 0) is 9.47 Å². The van der Waals surface area contributed by atoms with Crippen LogP contribution in [0.1, 0.15) is 58.3 Å². The van der Waals surface area contributed by atoms with Crippen molar-refractivity contribution in [2.75, 3.05) is 19.8 Å². The topological polar surface area (TPSA) is 47.6 Å². The normalized spacial score (nSPS) is 16.5. The number of carbonyl (C=O) groups is 1. The van der Waals surface area contributed by atoms with Gasteiger partial charge in [0, 0.05) is 13.2 Å². The van der Waals surface area contributed by atoms with Crippen LogP contribution < -0.4 is 5.32 Å². The molecule has 0 atom stereocenters. The molecular weight excluding hydrogens is 230 g/mol. The highest BCUT2D eigenvalue weighted by molar-refractivity contribution is 5.67. The zero-order valence-electron chi connectivity index (χ0n) is 11.6. The first-order valence-corrected chi connectivity index (χ1v) is 7.35. The van der Waals surface area contributed by atoms with Crippen LogP contribution in [0.15, 0.2) is 0 Å². The maximum Gasteiger partial charge on any atom is 0.407 e. The highest BCUT2D eigenvalue weighted by Gasteiger charge is 2.16. The summed E-state index contributed by atoms with van der Waals surface area (Å²) in [6.07, 6.45) is 9.00. The summed E-state index contributed by atoms with van der Waals surface area (Å²) < 4.78 is 10.7. The summed E-state index contributed by atoms with van der Waals surface area (Å²) >= 11 is 0. The van der Waals surface area contributed by atoms with Crippen molar-refractivity contribution in [2.24, 2.45) is 0 Å². The molecule has 1 aliphatic carbocycles. The molecule has 1 aliphatic rings. The van der Waals surface area contributed by atoms with E-state index in [2.05, 4.69) is 12.2 Å². The summed E-state index contributed by atoms with van der Waals surface area (Å²) in [5.74, 6) is 0. The van der Waals surface area contributed by atoms with Crippen molar-refractivity contribution in [3.05, 3.63) is 0 Å². The van der Waals surface area contributed by atoms with Crippen molar-refractivity contribution in [2.45, 2.75) is 64.4 Å². The van der Waals surface area contributed by atoms with Gasteiger partial charge in [-0.1, -0.05) is 26.2 Å². The summed E-state index contributed by atoms with van der Waals surface area (Å²) in [6, 6.07) is 0. The quantitative estimate of drug-likeness (QED) is 0.679. The average Bonchev–Trinajstić information content (AvgIpc) is 2.39. The summed E-state index contributed by atoms with van der Waals surface area (Å²) in [6.45, 7) is 4.07. The zero-order chi connectivity index (χ0) is 13.1. The highest BCUT2D eigenvalue weighted by Crippen LogP contribution is 2.20. The predicted octanol–water partition coefficient (Wildman–Crippen LogP) is 3.25. The zero-order valence-corrected chi connectivity index (χ0v) is 11.6. The lowest BCUT2D eigenvalue weighted by Crippen LogP contribution is -2.32. The van der Waals surface area contributed by atoms with E-state index in [0.29, 0.717) is 13.2 Å². The monoisotopic (exact) mass is 257 g/mol. The fraction of sp³-hybridized carbons (Fsp3) is 0.929. The minimum atomic E-state index is -0.293. The molecule has 0 saturated heterocycles. The molecule has 1 fully saturated rings. The molecule has 0 spiro atoms. The van der Waals surface area contributed by atoms with Crippen molar-refractivity contribution in [1.29, 1.82) is 0 Å². The number of alkyl carbamates (subject to hydrolysis) is 1. The molecule has 0 bridgehead atoms. The molecule has 4 heteroatoms. The molecule has 0 heterocycles. The van der Waals surface area contributed by atoms with Gasteiger partial charge in [0.2, 0.25) is 0 Å². The molecule has 106 valence electrons. The van der Waals surface area contributed by atoms with Gasteiger partial charge in [0.1, 0.15) is 6.10 Å². The third-order valence-electron chi connectivity index (χ3n) is 3.23. The first-order chi connectivity index (χ1) is 8.83. The van der Waals surface area contributed by atoms with E-state index in [9.17, 15) is 4.79 Å². The molecule has 1 saturated carbocycles. The molecule has 1 N–H and O–H groups in total. The van der Waals surface area contributed by atoms with Gasteiger partial charge in [-0.05, 0) is 32.1 Å². The lowest BCUT2D eigenvalue weighted by Gasteiger charge is -2.21. The molecular formula is C14H27NO3. The Morgan fingerprint density at radius 2 is 1.94 bits per heavy atom. The van der Waals surface area contributed by atoms with Crippen molar-refractivity contribution >= 4 is 6.09 Å². The van der Waals surface area contributed by atoms with E-state index in [1.165, 1.54) is 32.1 Å². The molecule has 0 aromatic rings. The van der Waals surface area contributed by atoms with Crippen LogP contribution in [0.25, 0.3) is 0 Å². The van der Waals surface area contributed by atoms with E-state index >= 15 is 0 Å². The molecule has 4 nitrogen and oxygen atoms in total. The van der Waals surface area contributed by atoms with Crippen molar-refractivity contribution in [3.63, 3.8) is 0 Å². The van der Waals surface area contributed by atoms with E-state index in [0.717, 1.165) is 25.9 Å². The van der Waals surface area contributed by atoms with Gasteiger partial charge in [-0.3, -0.25) is 0 Å². The summed E-state index contributed by atoms with van der Waals surface area (Å²) in [5, 5.41) is 2.73.